The van der Waals surface area contributed by atoms with Crippen LogP contribution in [0.15, 0.2) is 35.9 Å². The van der Waals surface area contributed by atoms with Crippen molar-refractivity contribution in [3.8, 4) is 0 Å². The quantitative estimate of drug-likeness (QED) is 0.138. The number of fused-ring (bicyclic) bond motifs is 5. The van der Waals surface area contributed by atoms with E-state index < -0.39 is 72.2 Å². The lowest BCUT2D eigenvalue weighted by Crippen LogP contribution is -2.63. The van der Waals surface area contributed by atoms with Crippen LogP contribution in [0.1, 0.15) is 110 Å². The van der Waals surface area contributed by atoms with Crippen molar-refractivity contribution < 1.29 is 58.8 Å². The third-order valence-electron chi connectivity index (χ3n) is 16.1. The molecule has 0 aromatic heterocycles. The number of ether oxygens (including phenoxy) is 5. The molecule has 17 atom stereocenters. The number of carbonyl (C=O) groups excluding carboxylic acids is 2. The Morgan fingerprint density at radius 1 is 0.918 bits per heavy atom. The summed E-state index contributed by atoms with van der Waals surface area (Å²) in [5, 5.41) is 58.9. The van der Waals surface area contributed by atoms with E-state index in [1.165, 1.54) is 5.57 Å². The van der Waals surface area contributed by atoms with Crippen molar-refractivity contribution >= 4 is 11.9 Å². The van der Waals surface area contributed by atoms with Gasteiger partial charge in [0.1, 0.15) is 41.9 Å². The number of nitrogens with two attached hydrogens (primary N) is 1. The number of alkyl carbamates (subject to hydrolysis) is 1. The highest BCUT2D eigenvalue weighted by molar-refractivity contribution is 5.82. The fourth-order valence-corrected chi connectivity index (χ4v) is 12.2. The number of nitrogens with one attached hydrogen (secondary N) is 1. The zero-order valence-corrected chi connectivity index (χ0v) is 36.9. The molecule has 4 aliphatic carbocycles. The summed E-state index contributed by atoms with van der Waals surface area (Å²) in [4.78, 5) is 27.0. The summed E-state index contributed by atoms with van der Waals surface area (Å²) in [6, 6.07) is 7.83. The molecule has 3 saturated carbocycles. The Morgan fingerprint density at radius 2 is 1.61 bits per heavy atom. The predicted octanol–water partition coefficient (Wildman–Crippen LogP) is 4.25. The van der Waals surface area contributed by atoms with Crippen LogP contribution in [0.4, 0.5) is 4.79 Å². The van der Waals surface area contributed by atoms with Gasteiger partial charge in [0, 0.05) is 43.2 Å². The minimum Gasteiger partial charge on any atom is -0.446 e. The van der Waals surface area contributed by atoms with E-state index in [1.807, 2.05) is 38.1 Å². The molecule has 61 heavy (non-hydrogen) atoms. The summed E-state index contributed by atoms with van der Waals surface area (Å²) >= 11 is 0. The van der Waals surface area contributed by atoms with Crippen molar-refractivity contribution in [2.75, 3.05) is 13.2 Å². The number of aliphatic hydroxyl groups is 5. The maximum atomic E-state index is 14.1. The number of allylic oxidation sites excluding steroid dienone is 1. The number of benzene rings is 1. The van der Waals surface area contributed by atoms with Crippen LogP contribution in [0.3, 0.4) is 0 Å². The molecule has 0 bridgehead atoms. The van der Waals surface area contributed by atoms with Crippen molar-refractivity contribution in [2.45, 2.75) is 173 Å². The van der Waals surface area contributed by atoms with Crippen LogP contribution in [0.5, 0.6) is 0 Å². The van der Waals surface area contributed by atoms with E-state index in [2.05, 4.69) is 39.1 Å². The highest BCUT2D eigenvalue weighted by atomic mass is 16.7. The molecule has 1 aromatic rings. The number of aliphatic hydroxyl groups excluding tert-OH is 4. The van der Waals surface area contributed by atoms with E-state index in [-0.39, 0.29) is 48.3 Å². The fourth-order valence-electron chi connectivity index (χ4n) is 12.2. The van der Waals surface area contributed by atoms with Gasteiger partial charge in [0.25, 0.3) is 0 Å². The first kappa shape index (κ1) is 46.5. The first-order chi connectivity index (χ1) is 28.9. The minimum absolute atomic E-state index is 0.000276. The Morgan fingerprint density at radius 3 is 2.31 bits per heavy atom. The molecule has 342 valence electrons. The normalized spacial score (nSPS) is 42.8. The Labute approximate surface area is 360 Å². The van der Waals surface area contributed by atoms with E-state index in [0.717, 1.165) is 36.8 Å². The van der Waals surface area contributed by atoms with Gasteiger partial charge in [-0.3, -0.25) is 4.79 Å². The Hall–Kier alpha value is -2.50. The van der Waals surface area contributed by atoms with Crippen LogP contribution in [0, 0.1) is 46.3 Å². The molecule has 9 unspecified atom stereocenters. The minimum atomic E-state index is -1.57. The maximum Gasteiger partial charge on any atom is 0.407 e. The molecule has 14 heteroatoms. The number of carbonyl (C=O) groups is 2. The van der Waals surface area contributed by atoms with Gasteiger partial charge in [0.2, 0.25) is 0 Å². The van der Waals surface area contributed by atoms with E-state index in [9.17, 15) is 35.1 Å². The molecule has 7 rings (SSSR count). The maximum absolute atomic E-state index is 14.1. The zero-order chi connectivity index (χ0) is 44.0. The lowest BCUT2D eigenvalue weighted by atomic mass is 9.46. The van der Waals surface area contributed by atoms with Crippen LogP contribution in [-0.2, 0) is 41.6 Å². The zero-order valence-electron chi connectivity index (χ0n) is 36.9. The van der Waals surface area contributed by atoms with E-state index >= 15 is 0 Å². The summed E-state index contributed by atoms with van der Waals surface area (Å²) in [6.07, 6.45) is -2.07. The van der Waals surface area contributed by atoms with E-state index in [4.69, 9.17) is 29.4 Å². The Bertz CT molecular complexity index is 1730. The van der Waals surface area contributed by atoms with Gasteiger partial charge in [-0.1, -0.05) is 77.5 Å². The molecule has 0 radical (unpaired) electrons. The van der Waals surface area contributed by atoms with Gasteiger partial charge in [0.15, 0.2) is 12.6 Å². The van der Waals surface area contributed by atoms with E-state index in [1.54, 1.807) is 0 Å². The van der Waals surface area contributed by atoms with Gasteiger partial charge in [0.05, 0.1) is 25.4 Å². The van der Waals surface area contributed by atoms with Crippen molar-refractivity contribution in [3.63, 3.8) is 0 Å². The lowest BCUT2D eigenvalue weighted by Gasteiger charge is -2.59. The molecule has 0 spiro atoms. The van der Waals surface area contributed by atoms with Crippen molar-refractivity contribution in [2.24, 2.45) is 52.1 Å². The van der Waals surface area contributed by atoms with Gasteiger partial charge >= 0.3 is 6.09 Å². The molecule has 6 aliphatic rings. The first-order valence-electron chi connectivity index (χ1n) is 22.8. The van der Waals surface area contributed by atoms with Crippen molar-refractivity contribution in [1.29, 1.82) is 0 Å². The highest BCUT2D eigenvalue weighted by Crippen LogP contribution is 2.69. The molecule has 2 heterocycles. The average molecular weight is 857 g/mol. The average Bonchev–Trinajstić information content (AvgIpc) is 3.47. The fraction of sp³-hybridized carbons (Fsp3) is 0.787. The monoisotopic (exact) mass is 857 g/mol. The van der Waals surface area contributed by atoms with Crippen LogP contribution >= 0.6 is 0 Å². The summed E-state index contributed by atoms with van der Waals surface area (Å²) in [5.74, 6) is -0.271. The molecule has 2 saturated heterocycles. The smallest absolute Gasteiger partial charge is 0.407 e. The van der Waals surface area contributed by atoms with Gasteiger partial charge < -0.3 is 60.3 Å². The molecular weight excluding hydrogens is 785 g/mol. The number of hydrogen-bond acceptors (Lipinski definition) is 13. The third-order valence-corrected chi connectivity index (χ3v) is 16.1. The largest absolute Gasteiger partial charge is 0.446 e. The number of Topliss-reactive ketones (excluding diaryl/α,β-unsaturated/α-hetero) is 1. The van der Waals surface area contributed by atoms with Crippen molar-refractivity contribution in [3.05, 3.63) is 47.0 Å². The molecule has 5 fully saturated rings. The number of hydrogen-bond donors (Lipinski definition) is 7. The second-order valence-corrected chi connectivity index (χ2v) is 20.2. The number of ketones is 1. The summed E-state index contributed by atoms with van der Waals surface area (Å²) in [5.41, 5.74) is 6.68. The predicted molar refractivity (Wildman–Crippen MR) is 224 cm³/mol. The topological polar surface area (TPSA) is 219 Å². The Kier molecular flexibility index (Phi) is 14.1. The lowest BCUT2D eigenvalue weighted by molar-refractivity contribution is -0.338. The highest BCUT2D eigenvalue weighted by Gasteiger charge is 2.70. The number of rotatable bonds is 13. The molecule has 14 nitrogen and oxygen atoms in total. The third kappa shape index (κ3) is 8.85. The van der Waals surface area contributed by atoms with Crippen LogP contribution < -0.4 is 11.1 Å². The van der Waals surface area contributed by atoms with Crippen LogP contribution in [0.25, 0.3) is 0 Å². The SMILES string of the molecule is CC(C)CCC(=O)[C@@H](C)[C@@]1(O)[C@@H](OC2OCC(C)C(OC3OCC(O)C(O)C3O)C2O)C[C@H]2[C@@H]3CC=C4C[C@@H](OC(=O)NCc5ccc(CN)cc5)CC[C@]4(C)C3CC[C@@]21C. The van der Waals surface area contributed by atoms with E-state index in [0.29, 0.717) is 57.0 Å². The van der Waals surface area contributed by atoms with Gasteiger partial charge in [-0.25, -0.2) is 4.79 Å². The summed E-state index contributed by atoms with van der Waals surface area (Å²) < 4.78 is 30.5. The standard InChI is InChI=1S/C47H72N2O12/c1-25(2)7-14-35(50)27(4)47(56)37(60-43-40(54)41(26(3)23-57-43)61-42-39(53)38(52)36(51)24-58-42)20-34-32-13-12-30-19-31(15-17-45(30,5)33(32)16-18-46(34,47)6)59-44(55)49-22-29-10-8-28(21-48)9-11-29/h8-12,25-27,31-34,36-43,51-54,56H,7,13-24,48H2,1-6H3,(H,49,55)/t26?,27-,31+,32-,33?,34+,36?,37+,38?,39?,40?,41?,42?,43?,45+,46+,47-/m1/s1. The molecule has 2 aliphatic heterocycles. The molecule has 1 aromatic carbocycles. The van der Waals surface area contributed by atoms with Gasteiger partial charge in [-0.05, 0) is 85.2 Å². The van der Waals surface area contributed by atoms with Gasteiger partial charge in [-0.15, -0.1) is 0 Å². The van der Waals surface area contributed by atoms with Gasteiger partial charge in [-0.2, -0.15) is 0 Å². The van der Waals surface area contributed by atoms with Crippen LogP contribution in [0.2, 0.25) is 0 Å². The summed E-state index contributed by atoms with van der Waals surface area (Å²) in [6.45, 7) is 13.0. The first-order valence-corrected chi connectivity index (χ1v) is 22.8. The molecular formula is C47H72N2O12. The summed E-state index contributed by atoms with van der Waals surface area (Å²) in [7, 11) is 0. The number of amides is 1. The second-order valence-electron chi connectivity index (χ2n) is 20.2. The van der Waals surface area contributed by atoms with Crippen LogP contribution in [-0.4, -0.2) is 112 Å². The second kappa shape index (κ2) is 18.5. The Balaban J connectivity index is 1.08. The van der Waals surface area contributed by atoms with Crippen molar-refractivity contribution in [1.82, 2.24) is 5.32 Å². The molecule has 8 N–H and O–H groups in total. The molecule has 1 amide bonds.